The molecule has 1 N–H and O–H groups in total. The van der Waals surface area contributed by atoms with Crippen LogP contribution < -0.4 is 10.2 Å². The molecule has 0 aromatic heterocycles. The van der Waals surface area contributed by atoms with E-state index >= 15 is 0 Å². The number of nitrogens with zero attached hydrogens (tertiary/aromatic N) is 2. The van der Waals surface area contributed by atoms with Crippen molar-refractivity contribution < 1.29 is 14.4 Å². The number of anilines is 2. The number of likely N-dealkylation sites (N-methyl/N-ethyl adjacent to an activating group) is 1. The summed E-state index contributed by atoms with van der Waals surface area (Å²) in [7, 11) is 0. The summed E-state index contributed by atoms with van der Waals surface area (Å²) in [6, 6.07) is 14.5. The van der Waals surface area contributed by atoms with Crippen molar-refractivity contribution >= 4 is 29.1 Å². The summed E-state index contributed by atoms with van der Waals surface area (Å²) in [5, 5.41) is 2.95. The second-order valence-electron chi connectivity index (χ2n) is 6.88. The molecule has 0 spiro atoms. The van der Waals surface area contributed by atoms with E-state index in [0.717, 1.165) is 5.56 Å². The summed E-state index contributed by atoms with van der Waals surface area (Å²) >= 11 is 0. The van der Waals surface area contributed by atoms with E-state index in [1.807, 2.05) is 38.1 Å². The lowest BCUT2D eigenvalue weighted by Crippen LogP contribution is -2.69. The summed E-state index contributed by atoms with van der Waals surface area (Å²) in [6.07, 6.45) is 0.497. The Balaban J connectivity index is 1.85. The van der Waals surface area contributed by atoms with Crippen LogP contribution in [0.1, 0.15) is 35.7 Å². The molecule has 2 heterocycles. The van der Waals surface area contributed by atoms with Crippen LogP contribution in [0.15, 0.2) is 48.5 Å². The maximum Gasteiger partial charge on any atom is 0.271 e. The van der Waals surface area contributed by atoms with Crippen LogP contribution >= 0.6 is 0 Å². The molecular weight excluding hydrogens is 342 g/mol. The van der Waals surface area contributed by atoms with E-state index in [4.69, 9.17) is 0 Å². The van der Waals surface area contributed by atoms with E-state index in [1.54, 1.807) is 24.3 Å². The Morgan fingerprint density at radius 1 is 1.11 bits per heavy atom. The van der Waals surface area contributed by atoms with Gasteiger partial charge >= 0.3 is 0 Å². The summed E-state index contributed by atoms with van der Waals surface area (Å²) in [5.41, 5.74) is 1.23. The molecule has 0 radical (unpaired) electrons. The van der Waals surface area contributed by atoms with Crippen molar-refractivity contribution in [1.29, 1.82) is 0 Å². The molecule has 138 valence electrons. The first-order valence-corrected chi connectivity index (χ1v) is 9.12. The van der Waals surface area contributed by atoms with Crippen LogP contribution in [0.2, 0.25) is 0 Å². The van der Waals surface area contributed by atoms with E-state index in [-0.39, 0.29) is 30.6 Å². The summed E-state index contributed by atoms with van der Waals surface area (Å²) < 4.78 is 0. The van der Waals surface area contributed by atoms with Crippen molar-refractivity contribution in [1.82, 2.24) is 4.90 Å². The van der Waals surface area contributed by atoms with Crippen LogP contribution in [0.25, 0.3) is 0 Å². The average Bonchev–Trinajstić information content (AvgIpc) is 3.02. The Bertz CT molecular complexity index is 955. The zero-order valence-electron chi connectivity index (χ0n) is 15.4. The predicted octanol–water partition coefficient (Wildman–Crippen LogP) is 2.93. The SMILES string of the molecule is CCN1C(=O)c2ccccc2N2C(=O)CC[C@@]12C(=O)Nc1ccccc1C. The largest absolute Gasteiger partial charge is 0.322 e. The van der Waals surface area contributed by atoms with Crippen molar-refractivity contribution in [3.63, 3.8) is 0 Å². The van der Waals surface area contributed by atoms with Gasteiger partial charge in [-0.3, -0.25) is 19.3 Å². The van der Waals surface area contributed by atoms with Gasteiger partial charge in [0.05, 0.1) is 11.3 Å². The van der Waals surface area contributed by atoms with Crippen LogP contribution in [0.4, 0.5) is 11.4 Å². The predicted molar refractivity (Wildman–Crippen MR) is 102 cm³/mol. The number of hydrogen-bond acceptors (Lipinski definition) is 3. The summed E-state index contributed by atoms with van der Waals surface area (Å²) in [5.74, 6) is -0.723. The summed E-state index contributed by atoms with van der Waals surface area (Å²) in [6.45, 7) is 4.07. The standard InChI is InChI=1S/C21H21N3O3/c1-3-23-19(26)15-9-5-7-11-17(15)24-18(25)12-13-21(23,24)20(27)22-16-10-6-4-8-14(16)2/h4-11H,3,12-13H2,1-2H3,(H,22,27)/t21-/m1/s1. The van der Waals surface area contributed by atoms with Gasteiger partial charge in [-0.05, 0) is 37.6 Å². The first-order valence-electron chi connectivity index (χ1n) is 9.12. The van der Waals surface area contributed by atoms with Gasteiger partial charge in [0, 0.05) is 25.1 Å². The molecule has 1 fully saturated rings. The molecule has 0 saturated carbocycles. The lowest BCUT2D eigenvalue weighted by Gasteiger charge is -2.48. The van der Waals surface area contributed by atoms with Gasteiger partial charge in [0.25, 0.3) is 11.8 Å². The van der Waals surface area contributed by atoms with Crippen molar-refractivity contribution in [3.8, 4) is 0 Å². The van der Waals surface area contributed by atoms with Crippen LogP contribution in [-0.2, 0) is 9.59 Å². The molecule has 3 amide bonds. The lowest BCUT2D eigenvalue weighted by molar-refractivity contribution is -0.128. The van der Waals surface area contributed by atoms with Crippen molar-refractivity contribution in [2.45, 2.75) is 32.4 Å². The zero-order valence-corrected chi connectivity index (χ0v) is 15.4. The van der Waals surface area contributed by atoms with E-state index < -0.39 is 5.66 Å². The lowest BCUT2D eigenvalue weighted by atomic mass is 9.95. The first kappa shape index (κ1) is 17.3. The van der Waals surface area contributed by atoms with Crippen LogP contribution in [0.5, 0.6) is 0 Å². The molecule has 2 aromatic rings. The molecule has 2 aliphatic heterocycles. The molecule has 27 heavy (non-hydrogen) atoms. The van der Waals surface area contributed by atoms with Crippen LogP contribution in [-0.4, -0.2) is 34.8 Å². The van der Waals surface area contributed by atoms with E-state index in [2.05, 4.69) is 5.32 Å². The minimum Gasteiger partial charge on any atom is -0.322 e. The zero-order chi connectivity index (χ0) is 19.2. The number of carbonyl (C=O) groups is 3. The number of hydrogen-bond donors (Lipinski definition) is 1. The second kappa shape index (κ2) is 6.23. The van der Waals surface area contributed by atoms with E-state index in [1.165, 1.54) is 9.80 Å². The number of fused-ring (bicyclic) bond motifs is 3. The maximum atomic E-state index is 13.5. The quantitative estimate of drug-likeness (QED) is 0.912. The Morgan fingerprint density at radius 3 is 2.56 bits per heavy atom. The summed E-state index contributed by atoms with van der Waals surface area (Å²) in [4.78, 5) is 42.4. The van der Waals surface area contributed by atoms with Crippen molar-refractivity contribution in [2.75, 3.05) is 16.8 Å². The van der Waals surface area contributed by atoms with E-state index in [0.29, 0.717) is 23.5 Å². The number of rotatable bonds is 3. The number of carbonyl (C=O) groups excluding carboxylic acids is 3. The van der Waals surface area contributed by atoms with Gasteiger partial charge in [-0.2, -0.15) is 0 Å². The highest BCUT2D eigenvalue weighted by Gasteiger charge is 2.60. The van der Waals surface area contributed by atoms with Crippen molar-refractivity contribution in [2.24, 2.45) is 0 Å². The Morgan fingerprint density at radius 2 is 1.81 bits per heavy atom. The molecule has 0 unspecified atom stereocenters. The molecule has 0 aliphatic carbocycles. The van der Waals surface area contributed by atoms with Gasteiger partial charge < -0.3 is 10.2 Å². The number of amides is 3. The highest BCUT2D eigenvalue weighted by Crippen LogP contribution is 2.44. The monoisotopic (exact) mass is 363 g/mol. The molecule has 6 nitrogen and oxygen atoms in total. The van der Waals surface area contributed by atoms with Gasteiger partial charge in [0.2, 0.25) is 11.6 Å². The minimum absolute atomic E-state index is 0.145. The normalized spacial score (nSPS) is 21.1. The molecule has 1 atom stereocenters. The molecule has 2 aromatic carbocycles. The van der Waals surface area contributed by atoms with Gasteiger partial charge in [-0.15, -0.1) is 0 Å². The Labute approximate surface area is 157 Å². The highest BCUT2D eigenvalue weighted by molar-refractivity contribution is 6.18. The fourth-order valence-electron chi connectivity index (χ4n) is 4.14. The smallest absolute Gasteiger partial charge is 0.271 e. The fourth-order valence-corrected chi connectivity index (χ4v) is 4.14. The molecular formula is C21H21N3O3. The maximum absolute atomic E-state index is 13.5. The first-order chi connectivity index (χ1) is 13.0. The number of nitrogens with one attached hydrogen (secondary N) is 1. The molecule has 2 aliphatic rings. The van der Waals surface area contributed by atoms with Gasteiger partial charge in [0.15, 0.2) is 0 Å². The van der Waals surface area contributed by atoms with Crippen molar-refractivity contribution in [3.05, 3.63) is 59.7 Å². The Hall–Kier alpha value is -3.15. The number of para-hydroxylation sites is 2. The molecule has 4 rings (SSSR count). The van der Waals surface area contributed by atoms with Gasteiger partial charge in [-0.1, -0.05) is 30.3 Å². The third-order valence-electron chi connectivity index (χ3n) is 5.45. The Kier molecular flexibility index (Phi) is 3.98. The topological polar surface area (TPSA) is 69.7 Å². The molecule has 1 saturated heterocycles. The van der Waals surface area contributed by atoms with Gasteiger partial charge in [-0.25, -0.2) is 0 Å². The minimum atomic E-state index is -1.33. The number of benzene rings is 2. The average molecular weight is 363 g/mol. The second-order valence-corrected chi connectivity index (χ2v) is 6.88. The van der Waals surface area contributed by atoms with E-state index in [9.17, 15) is 14.4 Å². The molecule has 0 bridgehead atoms. The third kappa shape index (κ3) is 2.36. The molecule has 6 heteroatoms. The third-order valence-corrected chi connectivity index (χ3v) is 5.45. The van der Waals surface area contributed by atoms with Crippen LogP contribution in [0, 0.1) is 6.92 Å². The highest BCUT2D eigenvalue weighted by atomic mass is 16.2. The van der Waals surface area contributed by atoms with Crippen LogP contribution in [0.3, 0.4) is 0 Å². The van der Waals surface area contributed by atoms with Gasteiger partial charge in [0.1, 0.15) is 0 Å². The fraction of sp³-hybridized carbons (Fsp3) is 0.286. The number of aryl methyl sites for hydroxylation is 1.